The lowest BCUT2D eigenvalue weighted by Crippen LogP contribution is -2.03. The lowest BCUT2D eigenvalue weighted by atomic mass is 10.00. The Kier molecular flexibility index (Phi) is 5.82. The highest BCUT2D eigenvalue weighted by molar-refractivity contribution is 7.85. The summed E-state index contributed by atoms with van der Waals surface area (Å²) in [6.07, 6.45) is 4.51. The highest BCUT2D eigenvalue weighted by Crippen LogP contribution is 2.14. The lowest BCUT2D eigenvalue weighted by Gasteiger charge is -2.07. The van der Waals surface area contributed by atoms with Crippen molar-refractivity contribution < 1.29 is 13.0 Å². The first-order chi connectivity index (χ1) is 8.38. The minimum atomic E-state index is -3.78. The number of rotatable bonds is 7. The first kappa shape index (κ1) is 15.2. The van der Waals surface area contributed by atoms with Crippen LogP contribution < -0.4 is 0 Å². The van der Waals surface area contributed by atoms with E-state index in [4.69, 9.17) is 4.55 Å². The first-order valence-corrected chi connectivity index (χ1v) is 8.01. The highest BCUT2D eigenvalue weighted by atomic mass is 32.2. The molecule has 0 amide bonds. The zero-order valence-corrected chi connectivity index (χ0v) is 12.0. The van der Waals surface area contributed by atoms with Crippen LogP contribution in [0.15, 0.2) is 18.2 Å². The molecule has 3 nitrogen and oxygen atoms in total. The summed E-state index contributed by atoms with van der Waals surface area (Å²) in [4.78, 5) is 0. The van der Waals surface area contributed by atoms with Crippen molar-refractivity contribution in [3.05, 3.63) is 34.9 Å². The predicted octanol–water partition coefficient (Wildman–Crippen LogP) is 3.29. The van der Waals surface area contributed by atoms with Gasteiger partial charge in [-0.1, -0.05) is 36.6 Å². The SMILES string of the molecule is Cc1ccc(C)c(CCCCCCS(=O)(=O)O)c1. The number of hydrogen-bond acceptors (Lipinski definition) is 2. The summed E-state index contributed by atoms with van der Waals surface area (Å²) in [7, 11) is -3.78. The highest BCUT2D eigenvalue weighted by Gasteiger charge is 2.03. The van der Waals surface area contributed by atoms with Gasteiger partial charge in [0.1, 0.15) is 0 Å². The van der Waals surface area contributed by atoms with Crippen molar-refractivity contribution >= 4 is 10.1 Å². The fourth-order valence-electron chi connectivity index (χ4n) is 2.02. The molecule has 0 aliphatic rings. The van der Waals surface area contributed by atoms with Crippen molar-refractivity contribution in [2.45, 2.75) is 46.0 Å². The Bertz CT molecular complexity index is 478. The van der Waals surface area contributed by atoms with Crippen LogP contribution >= 0.6 is 0 Å². The van der Waals surface area contributed by atoms with Crippen molar-refractivity contribution in [2.75, 3.05) is 5.75 Å². The van der Waals surface area contributed by atoms with E-state index in [1.807, 2.05) is 0 Å². The van der Waals surface area contributed by atoms with E-state index in [2.05, 4.69) is 32.0 Å². The maximum Gasteiger partial charge on any atom is 0.264 e. The molecule has 0 saturated heterocycles. The van der Waals surface area contributed by atoms with E-state index in [0.717, 1.165) is 25.7 Å². The van der Waals surface area contributed by atoms with Crippen LogP contribution in [0.5, 0.6) is 0 Å². The van der Waals surface area contributed by atoms with Crippen LogP contribution in [0.2, 0.25) is 0 Å². The van der Waals surface area contributed by atoms with E-state index in [9.17, 15) is 8.42 Å². The third-order valence-electron chi connectivity index (χ3n) is 3.10. The Labute approximate surface area is 110 Å². The Morgan fingerprint density at radius 1 is 1.06 bits per heavy atom. The van der Waals surface area contributed by atoms with Crippen molar-refractivity contribution in [1.82, 2.24) is 0 Å². The molecule has 0 aliphatic carbocycles. The van der Waals surface area contributed by atoms with Crippen LogP contribution in [0.4, 0.5) is 0 Å². The number of hydrogen-bond donors (Lipinski definition) is 1. The molecule has 1 aromatic carbocycles. The second-order valence-corrected chi connectivity index (χ2v) is 6.45. The Morgan fingerprint density at radius 2 is 1.72 bits per heavy atom. The summed E-state index contributed by atoms with van der Waals surface area (Å²) in [6, 6.07) is 6.47. The smallest absolute Gasteiger partial charge is 0.264 e. The fourth-order valence-corrected chi connectivity index (χ4v) is 2.59. The van der Waals surface area contributed by atoms with Crippen molar-refractivity contribution in [3.8, 4) is 0 Å². The first-order valence-electron chi connectivity index (χ1n) is 6.40. The van der Waals surface area contributed by atoms with E-state index >= 15 is 0 Å². The van der Waals surface area contributed by atoms with E-state index in [-0.39, 0.29) is 5.75 Å². The van der Waals surface area contributed by atoms with Crippen LogP contribution in [0.3, 0.4) is 0 Å². The Balaban J connectivity index is 2.24. The normalized spacial score (nSPS) is 11.7. The zero-order valence-electron chi connectivity index (χ0n) is 11.1. The summed E-state index contributed by atoms with van der Waals surface area (Å²) in [5.41, 5.74) is 3.98. The summed E-state index contributed by atoms with van der Waals surface area (Å²) in [5, 5.41) is 0. The van der Waals surface area contributed by atoms with Gasteiger partial charge in [-0.05, 0) is 44.2 Å². The van der Waals surface area contributed by atoms with Gasteiger partial charge in [-0.25, -0.2) is 0 Å². The van der Waals surface area contributed by atoms with Crippen LogP contribution in [0.1, 0.15) is 42.4 Å². The molecule has 0 aromatic heterocycles. The minimum Gasteiger partial charge on any atom is -0.286 e. The second-order valence-electron chi connectivity index (χ2n) is 4.88. The van der Waals surface area contributed by atoms with Gasteiger partial charge in [-0.2, -0.15) is 8.42 Å². The van der Waals surface area contributed by atoms with Gasteiger partial charge >= 0.3 is 0 Å². The van der Waals surface area contributed by atoms with Gasteiger partial charge < -0.3 is 0 Å². The summed E-state index contributed by atoms with van der Waals surface area (Å²) >= 11 is 0. The third kappa shape index (κ3) is 6.17. The van der Waals surface area contributed by atoms with Crippen LogP contribution in [0, 0.1) is 13.8 Å². The van der Waals surface area contributed by atoms with Crippen LogP contribution in [-0.2, 0) is 16.5 Å². The molecule has 1 N–H and O–H groups in total. The molecule has 0 bridgehead atoms. The molecule has 0 aliphatic heterocycles. The topological polar surface area (TPSA) is 54.4 Å². The van der Waals surface area contributed by atoms with Crippen molar-refractivity contribution in [1.29, 1.82) is 0 Å². The molecule has 4 heteroatoms. The molecule has 18 heavy (non-hydrogen) atoms. The molecule has 0 atom stereocenters. The van der Waals surface area contributed by atoms with Crippen LogP contribution in [-0.4, -0.2) is 18.7 Å². The zero-order chi connectivity index (χ0) is 13.6. The molecule has 0 spiro atoms. The molecule has 1 aromatic rings. The molecule has 0 heterocycles. The van der Waals surface area contributed by atoms with Crippen molar-refractivity contribution in [3.63, 3.8) is 0 Å². The van der Waals surface area contributed by atoms with Crippen molar-refractivity contribution in [2.24, 2.45) is 0 Å². The predicted molar refractivity (Wildman–Crippen MR) is 74.5 cm³/mol. The van der Waals surface area contributed by atoms with E-state index < -0.39 is 10.1 Å². The molecule has 0 unspecified atom stereocenters. The molecular weight excluding hydrogens is 248 g/mol. The van der Waals surface area contributed by atoms with Gasteiger partial charge in [0.25, 0.3) is 10.1 Å². The second kappa shape index (κ2) is 6.90. The lowest BCUT2D eigenvalue weighted by molar-refractivity contribution is 0.479. The molecule has 0 fully saturated rings. The minimum absolute atomic E-state index is 0.115. The monoisotopic (exact) mass is 270 g/mol. The Morgan fingerprint density at radius 3 is 2.39 bits per heavy atom. The van der Waals surface area contributed by atoms with E-state index in [1.165, 1.54) is 16.7 Å². The molecular formula is C14H22O3S. The third-order valence-corrected chi connectivity index (χ3v) is 3.91. The summed E-state index contributed by atoms with van der Waals surface area (Å²) in [5.74, 6) is -0.115. The maximum absolute atomic E-state index is 10.5. The van der Waals surface area contributed by atoms with Gasteiger partial charge in [-0.3, -0.25) is 4.55 Å². The average Bonchev–Trinajstić information content (AvgIpc) is 2.26. The van der Waals surface area contributed by atoms with Gasteiger partial charge in [-0.15, -0.1) is 0 Å². The van der Waals surface area contributed by atoms with E-state index in [1.54, 1.807) is 0 Å². The maximum atomic E-state index is 10.5. The largest absolute Gasteiger partial charge is 0.286 e. The molecule has 102 valence electrons. The number of aryl methyl sites for hydroxylation is 3. The van der Waals surface area contributed by atoms with Gasteiger partial charge in [0.2, 0.25) is 0 Å². The average molecular weight is 270 g/mol. The van der Waals surface area contributed by atoms with Crippen LogP contribution in [0.25, 0.3) is 0 Å². The number of benzene rings is 1. The summed E-state index contributed by atoms with van der Waals surface area (Å²) in [6.45, 7) is 4.21. The number of unbranched alkanes of at least 4 members (excludes halogenated alkanes) is 3. The van der Waals surface area contributed by atoms with Gasteiger partial charge in [0.05, 0.1) is 5.75 Å². The van der Waals surface area contributed by atoms with E-state index in [0.29, 0.717) is 6.42 Å². The quantitative estimate of drug-likeness (QED) is 0.611. The molecule has 1 rings (SSSR count). The molecule has 0 saturated carbocycles. The Hall–Kier alpha value is -0.870. The standard InChI is InChI=1S/C14H22O3S/c1-12-8-9-13(2)14(11-12)7-5-3-4-6-10-18(15,16)17/h8-9,11H,3-7,10H2,1-2H3,(H,15,16,17). The molecule has 0 radical (unpaired) electrons. The van der Waals surface area contributed by atoms with Gasteiger partial charge in [0.15, 0.2) is 0 Å². The van der Waals surface area contributed by atoms with Gasteiger partial charge in [0, 0.05) is 0 Å². The summed E-state index contributed by atoms with van der Waals surface area (Å²) < 4.78 is 29.6. The fraction of sp³-hybridized carbons (Fsp3) is 0.571.